The molecular formula is C14H15NOS. The van der Waals surface area contributed by atoms with Gasteiger partial charge in [-0.25, -0.2) is 0 Å². The zero-order valence-electron chi connectivity index (χ0n) is 9.61. The van der Waals surface area contributed by atoms with Crippen molar-refractivity contribution < 1.29 is 4.79 Å². The number of hydrogen-bond acceptors (Lipinski definition) is 2. The first-order chi connectivity index (χ1) is 8.33. The minimum atomic E-state index is 0.0733. The average Bonchev–Trinajstić information content (AvgIpc) is 3.13. The van der Waals surface area contributed by atoms with Gasteiger partial charge in [0.25, 0.3) is 0 Å². The Balaban J connectivity index is 1.83. The van der Waals surface area contributed by atoms with Crippen LogP contribution in [0.25, 0.3) is 5.57 Å². The van der Waals surface area contributed by atoms with E-state index in [0.29, 0.717) is 6.04 Å². The summed E-state index contributed by atoms with van der Waals surface area (Å²) in [6.07, 6.45) is 5.05. The summed E-state index contributed by atoms with van der Waals surface area (Å²) >= 11 is 1.87. The highest BCUT2D eigenvalue weighted by Crippen LogP contribution is 2.36. The first kappa shape index (κ1) is 10.9. The van der Waals surface area contributed by atoms with Crippen LogP contribution in [0.2, 0.25) is 0 Å². The predicted molar refractivity (Wildman–Crippen MR) is 70.9 cm³/mol. The van der Waals surface area contributed by atoms with E-state index in [9.17, 15) is 4.79 Å². The van der Waals surface area contributed by atoms with Gasteiger partial charge in [-0.15, -0.1) is 11.8 Å². The van der Waals surface area contributed by atoms with E-state index in [-0.39, 0.29) is 5.91 Å². The van der Waals surface area contributed by atoms with Crippen LogP contribution >= 0.6 is 11.8 Å². The molecule has 0 saturated heterocycles. The van der Waals surface area contributed by atoms with Crippen molar-refractivity contribution in [3.8, 4) is 0 Å². The molecule has 1 amide bonds. The number of carbonyl (C=O) groups excluding carboxylic acids is 1. The molecule has 3 heteroatoms. The van der Waals surface area contributed by atoms with E-state index >= 15 is 0 Å². The zero-order valence-corrected chi connectivity index (χ0v) is 10.4. The number of thioether (sulfide) groups is 1. The lowest BCUT2D eigenvalue weighted by Gasteiger charge is -2.18. The molecule has 1 aliphatic heterocycles. The average molecular weight is 245 g/mol. The monoisotopic (exact) mass is 245 g/mol. The van der Waals surface area contributed by atoms with Crippen molar-refractivity contribution in [3.05, 3.63) is 35.9 Å². The second-order valence-electron chi connectivity index (χ2n) is 4.55. The summed E-state index contributed by atoms with van der Waals surface area (Å²) in [7, 11) is 0. The van der Waals surface area contributed by atoms with E-state index in [2.05, 4.69) is 23.5 Å². The summed E-state index contributed by atoms with van der Waals surface area (Å²) in [6, 6.07) is 8.77. The molecule has 0 aromatic heterocycles. The van der Waals surface area contributed by atoms with Gasteiger partial charge in [0, 0.05) is 22.8 Å². The molecule has 1 aromatic carbocycles. The molecule has 0 unspecified atom stereocenters. The number of carbonyl (C=O) groups is 1. The number of nitrogens with one attached hydrogen (secondary N) is 1. The third-order valence-electron chi connectivity index (χ3n) is 3.09. The van der Waals surface area contributed by atoms with Gasteiger partial charge in [-0.1, -0.05) is 18.2 Å². The highest BCUT2D eigenvalue weighted by Gasteiger charge is 2.23. The summed E-state index contributed by atoms with van der Waals surface area (Å²) in [4.78, 5) is 13.1. The van der Waals surface area contributed by atoms with Crippen LogP contribution in [0.15, 0.2) is 35.2 Å². The third kappa shape index (κ3) is 2.55. The normalized spacial score (nSPS) is 21.1. The largest absolute Gasteiger partial charge is 0.350 e. The van der Waals surface area contributed by atoms with E-state index in [0.717, 1.165) is 25.0 Å². The predicted octanol–water partition coefficient (Wildman–Crippen LogP) is 2.84. The van der Waals surface area contributed by atoms with Crippen LogP contribution in [-0.4, -0.2) is 17.7 Å². The molecule has 1 aromatic rings. The van der Waals surface area contributed by atoms with Crippen LogP contribution in [0.1, 0.15) is 24.8 Å². The first-order valence-corrected chi connectivity index (χ1v) is 7.05. The van der Waals surface area contributed by atoms with Gasteiger partial charge in [0.05, 0.1) is 0 Å². The van der Waals surface area contributed by atoms with Gasteiger partial charge in [0.15, 0.2) is 0 Å². The molecule has 3 rings (SSSR count). The van der Waals surface area contributed by atoms with Crippen LogP contribution < -0.4 is 5.32 Å². The smallest absolute Gasteiger partial charge is 0.244 e. The maximum atomic E-state index is 11.8. The number of fused-ring (bicyclic) bond motifs is 1. The topological polar surface area (TPSA) is 29.1 Å². The number of benzene rings is 1. The maximum absolute atomic E-state index is 11.8. The lowest BCUT2D eigenvalue weighted by Crippen LogP contribution is -2.23. The fourth-order valence-electron chi connectivity index (χ4n) is 2.04. The van der Waals surface area contributed by atoms with Gasteiger partial charge >= 0.3 is 0 Å². The maximum Gasteiger partial charge on any atom is 0.244 e. The molecule has 2 nitrogen and oxygen atoms in total. The molecule has 1 saturated carbocycles. The quantitative estimate of drug-likeness (QED) is 0.812. The summed E-state index contributed by atoms with van der Waals surface area (Å²) in [5.41, 5.74) is 2.41. The van der Waals surface area contributed by atoms with E-state index in [1.54, 1.807) is 6.08 Å². The second-order valence-corrected chi connectivity index (χ2v) is 5.68. The van der Waals surface area contributed by atoms with Crippen LogP contribution in [0.3, 0.4) is 0 Å². The van der Waals surface area contributed by atoms with Crippen LogP contribution in [0, 0.1) is 0 Å². The Morgan fingerprint density at radius 3 is 3.00 bits per heavy atom. The SMILES string of the molecule is O=C(/C=C1\CCSc2ccccc21)NC1CC1. The lowest BCUT2D eigenvalue weighted by atomic mass is 10.0. The Labute approximate surface area is 105 Å². The molecule has 17 heavy (non-hydrogen) atoms. The van der Waals surface area contributed by atoms with E-state index in [1.807, 2.05) is 17.8 Å². The standard InChI is InChI=1S/C14H15NOS/c16-14(15-11-5-6-11)9-10-7-8-17-13-4-2-1-3-12(10)13/h1-4,9,11H,5-8H2,(H,15,16)/b10-9+. The third-order valence-corrected chi connectivity index (χ3v) is 4.17. The molecule has 0 radical (unpaired) electrons. The molecular weight excluding hydrogens is 230 g/mol. The first-order valence-electron chi connectivity index (χ1n) is 6.06. The van der Waals surface area contributed by atoms with Gasteiger partial charge in [-0.05, 0) is 36.5 Å². The van der Waals surface area contributed by atoms with Gasteiger partial charge in [-0.2, -0.15) is 0 Å². The van der Waals surface area contributed by atoms with Crippen molar-refractivity contribution in [1.82, 2.24) is 5.32 Å². The fraction of sp³-hybridized carbons (Fsp3) is 0.357. The van der Waals surface area contributed by atoms with Gasteiger partial charge in [0.2, 0.25) is 5.91 Å². The van der Waals surface area contributed by atoms with Crippen LogP contribution in [0.5, 0.6) is 0 Å². The Bertz CT molecular complexity index is 477. The highest BCUT2D eigenvalue weighted by atomic mass is 32.2. The minimum absolute atomic E-state index is 0.0733. The number of allylic oxidation sites excluding steroid dienone is 1. The lowest BCUT2D eigenvalue weighted by molar-refractivity contribution is -0.116. The highest BCUT2D eigenvalue weighted by molar-refractivity contribution is 7.99. The van der Waals surface area contributed by atoms with Crippen molar-refractivity contribution in [3.63, 3.8) is 0 Å². The van der Waals surface area contributed by atoms with Crippen LogP contribution in [0.4, 0.5) is 0 Å². The molecule has 1 heterocycles. The molecule has 0 bridgehead atoms. The summed E-state index contributed by atoms with van der Waals surface area (Å²) in [5.74, 6) is 1.14. The number of amides is 1. The molecule has 1 aliphatic carbocycles. The van der Waals surface area contributed by atoms with Crippen LogP contribution in [-0.2, 0) is 4.79 Å². The van der Waals surface area contributed by atoms with E-state index in [1.165, 1.54) is 16.0 Å². The van der Waals surface area contributed by atoms with Crippen molar-refractivity contribution in [2.75, 3.05) is 5.75 Å². The zero-order chi connectivity index (χ0) is 11.7. The second kappa shape index (κ2) is 4.57. The summed E-state index contributed by atoms with van der Waals surface area (Å²) in [5, 5.41) is 3.01. The molecule has 0 atom stereocenters. The fourth-order valence-corrected chi connectivity index (χ4v) is 3.11. The van der Waals surface area contributed by atoms with Crippen molar-refractivity contribution in [2.45, 2.75) is 30.2 Å². The van der Waals surface area contributed by atoms with Crippen molar-refractivity contribution in [1.29, 1.82) is 0 Å². The molecule has 2 aliphatic rings. The number of rotatable bonds is 2. The van der Waals surface area contributed by atoms with E-state index in [4.69, 9.17) is 0 Å². The summed E-state index contributed by atoms with van der Waals surface area (Å²) < 4.78 is 0. The van der Waals surface area contributed by atoms with E-state index < -0.39 is 0 Å². The Hall–Kier alpha value is -1.22. The Morgan fingerprint density at radius 1 is 1.35 bits per heavy atom. The Morgan fingerprint density at radius 2 is 2.18 bits per heavy atom. The molecule has 88 valence electrons. The van der Waals surface area contributed by atoms with Crippen molar-refractivity contribution in [2.24, 2.45) is 0 Å². The van der Waals surface area contributed by atoms with Crippen molar-refractivity contribution >= 4 is 23.2 Å². The molecule has 1 N–H and O–H groups in total. The van der Waals surface area contributed by atoms with Gasteiger partial charge < -0.3 is 5.32 Å². The Kier molecular flexibility index (Phi) is 2.93. The number of hydrogen-bond donors (Lipinski definition) is 1. The minimum Gasteiger partial charge on any atom is -0.350 e. The molecule has 0 spiro atoms. The van der Waals surface area contributed by atoms with Gasteiger partial charge in [0.1, 0.15) is 0 Å². The summed E-state index contributed by atoms with van der Waals surface area (Å²) in [6.45, 7) is 0. The van der Waals surface area contributed by atoms with Gasteiger partial charge in [-0.3, -0.25) is 4.79 Å². The molecule has 1 fully saturated rings.